The molecule has 0 saturated carbocycles. The quantitative estimate of drug-likeness (QED) is 0.638. The van der Waals surface area contributed by atoms with E-state index in [0.29, 0.717) is 29.3 Å². The van der Waals surface area contributed by atoms with Crippen LogP contribution in [0.2, 0.25) is 5.02 Å². The van der Waals surface area contributed by atoms with Crippen molar-refractivity contribution in [1.29, 1.82) is 0 Å². The fourth-order valence-corrected chi connectivity index (χ4v) is 2.90. The minimum absolute atomic E-state index is 0.170. The van der Waals surface area contributed by atoms with Gasteiger partial charge in [-0.25, -0.2) is 0 Å². The molecule has 7 heteroatoms. The van der Waals surface area contributed by atoms with Gasteiger partial charge in [-0.15, -0.1) is 0 Å². The third-order valence-corrected chi connectivity index (χ3v) is 4.64. The Labute approximate surface area is 167 Å². The molecular weight excluding hydrogens is 380 g/mol. The van der Waals surface area contributed by atoms with Gasteiger partial charge in [0.25, 0.3) is 5.91 Å². The van der Waals surface area contributed by atoms with Gasteiger partial charge in [-0.3, -0.25) is 4.79 Å². The summed E-state index contributed by atoms with van der Waals surface area (Å²) in [4.78, 5) is 26.5. The molecule has 0 radical (unpaired) electrons. The Kier molecular flexibility index (Phi) is 5.61. The summed E-state index contributed by atoms with van der Waals surface area (Å²) >= 11 is 5.83. The number of carboxylic acids is 1. The molecule has 3 rings (SSSR count). The smallest absolute Gasteiger partial charge is 0.251 e. The van der Waals surface area contributed by atoms with E-state index in [4.69, 9.17) is 16.3 Å². The molecule has 0 spiro atoms. The van der Waals surface area contributed by atoms with Crippen LogP contribution in [0, 0.1) is 0 Å². The number of carbonyl (C=O) groups excluding carboxylic acids is 2. The first-order valence-electron chi connectivity index (χ1n) is 8.80. The van der Waals surface area contributed by atoms with Crippen molar-refractivity contribution in [3.8, 4) is 5.75 Å². The van der Waals surface area contributed by atoms with Gasteiger partial charge in [0.2, 0.25) is 0 Å². The summed E-state index contributed by atoms with van der Waals surface area (Å²) in [5, 5.41) is 15.5. The SMILES string of the molecule is CC(C)(Oc1ccc2[nH]cc(CCNC(=O)c3ccc(Cl)cc3)c2c1)C(=O)[O-]. The number of aromatic amines is 1. The van der Waals surface area contributed by atoms with Crippen molar-refractivity contribution in [1.82, 2.24) is 10.3 Å². The van der Waals surface area contributed by atoms with Crippen LogP contribution in [0.5, 0.6) is 5.75 Å². The van der Waals surface area contributed by atoms with Crippen LogP contribution in [-0.2, 0) is 11.2 Å². The van der Waals surface area contributed by atoms with Gasteiger partial charge in [-0.05, 0) is 68.3 Å². The molecule has 146 valence electrons. The first kappa shape index (κ1) is 19.8. The molecular formula is C21H20ClN2O4-. The largest absolute Gasteiger partial charge is 0.546 e. The molecule has 1 aromatic heterocycles. The summed E-state index contributed by atoms with van der Waals surface area (Å²) in [5.74, 6) is -1.02. The lowest BCUT2D eigenvalue weighted by Gasteiger charge is -2.27. The lowest BCUT2D eigenvalue weighted by molar-refractivity contribution is -0.320. The highest BCUT2D eigenvalue weighted by molar-refractivity contribution is 6.30. The number of fused-ring (bicyclic) bond motifs is 1. The summed E-state index contributed by atoms with van der Waals surface area (Å²) in [5.41, 5.74) is 1.00. The number of aromatic nitrogens is 1. The van der Waals surface area contributed by atoms with Crippen molar-refractivity contribution in [3.05, 3.63) is 64.8 Å². The second kappa shape index (κ2) is 7.94. The van der Waals surface area contributed by atoms with E-state index in [-0.39, 0.29) is 5.91 Å². The zero-order valence-corrected chi connectivity index (χ0v) is 16.3. The van der Waals surface area contributed by atoms with Gasteiger partial charge in [-0.2, -0.15) is 0 Å². The number of H-pyrrole nitrogens is 1. The molecule has 2 N–H and O–H groups in total. The minimum Gasteiger partial charge on any atom is -0.546 e. The first-order chi connectivity index (χ1) is 13.3. The van der Waals surface area contributed by atoms with E-state index in [2.05, 4.69) is 10.3 Å². The van der Waals surface area contributed by atoms with Crippen LogP contribution in [0.1, 0.15) is 29.8 Å². The molecule has 1 amide bonds. The number of carboxylic acid groups (broad SMARTS) is 1. The van der Waals surface area contributed by atoms with E-state index in [9.17, 15) is 14.7 Å². The number of aliphatic carboxylic acids is 1. The molecule has 3 aromatic rings. The predicted molar refractivity (Wildman–Crippen MR) is 106 cm³/mol. The molecule has 0 saturated heterocycles. The number of halogens is 1. The van der Waals surface area contributed by atoms with Gasteiger partial charge in [0, 0.05) is 34.2 Å². The predicted octanol–water partition coefficient (Wildman–Crippen LogP) is 2.70. The topological polar surface area (TPSA) is 94.2 Å². The average Bonchev–Trinajstić information content (AvgIpc) is 3.04. The van der Waals surface area contributed by atoms with Crippen molar-refractivity contribution in [3.63, 3.8) is 0 Å². The number of benzene rings is 2. The number of amides is 1. The van der Waals surface area contributed by atoms with Crippen LogP contribution >= 0.6 is 11.6 Å². The second-order valence-corrected chi connectivity index (χ2v) is 7.37. The third-order valence-electron chi connectivity index (χ3n) is 4.39. The monoisotopic (exact) mass is 399 g/mol. The maximum absolute atomic E-state index is 12.2. The van der Waals surface area contributed by atoms with Gasteiger partial charge in [0.05, 0.1) is 5.97 Å². The third kappa shape index (κ3) is 4.46. The highest BCUT2D eigenvalue weighted by atomic mass is 35.5. The molecule has 0 bridgehead atoms. The van der Waals surface area contributed by atoms with E-state index in [1.54, 1.807) is 36.4 Å². The number of carbonyl (C=O) groups is 2. The standard InChI is InChI=1S/C21H21ClN2O4/c1-21(2,20(26)27)28-16-7-8-18-17(11-16)14(12-24-18)9-10-23-19(25)13-3-5-15(22)6-4-13/h3-8,11-12,24H,9-10H2,1-2H3,(H,23,25)(H,26,27)/p-1. The second-order valence-electron chi connectivity index (χ2n) is 6.93. The number of hydrogen-bond donors (Lipinski definition) is 2. The fraction of sp³-hybridized carbons (Fsp3) is 0.238. The highest BCUT2D eigenvalue weighted by Gasteiger charge is 2.21. The Morgan fingerprint density at radius 2 is 1.89 bits per heavy atom. The van der Waals surface area contributed by atoms with Crippen LogP contribution in [0.15, 0.2) is 48.7 Å². The fourth-order valence-electron chi connectivity index (χ4n) is 2.78. The van der Waals surface area contributed by atoms with Gasteiger partial charge < -0.3 is 24.9 Å². The maximum Gasteiger partial charge on any atom is 0.251 e. The van der Waals surface area contributed by atoms with Gasteiger partial charge in [0.1, 0.15) is 11.4 Å². The summed E-state index contributed by atoms with van der Waals surface area (Å²) in [6.07, 6.45) is 2.47. The summed E-state index contributed by atoms with van der Waals surface area (Å²) < 4.78 is 5.55. The lowest BCUT2D eigenvalue weighted by atomic mass is 10.1. The number of rotatable bonds is 7. The van der Waals surface area contributed by atoms with Crippen LogP contribution in [-0.4, -0.2) is 29.0 Å². The molecule has 0 unspecified atom stereocenters. The lowest BCUT2D eigenvalue weighted by Crippen LogP contribution is -2.47. The van der Waals surface area contributed by atoms with Crippen molar-refractivity contribution < 1.29 is 19.4 Å². The van der Waals surface area contributed by atoms with E-state index in [1.165, 1.54) is 13.8 Å². The highest BCUT2D eigenvalue weighted by Crippen LogP contribution is 2.26. The molecule has 1 heterocycles. The number of hydrogen-bond acceptors (Lipinski definition) is 4. The van der Waals surface area contributed by atoms with E-state index < -0.39 is 11.6 Å². The van der Waals surface area contributed by atoms with Crippen molar-refractivity contribution in [2.75, 3.05) is 6.54 Å². The average molecular weight is 400 g/mol. The van der Waals surface area contributed by atoms with Crippen molar-refractivity contribution >= 4 is 34.4 Å². The normalized spacial score (nSPS) is 11.4. The van der Waals surface area contributed by atoms with Gasteiger partial charge >= 0.3 is 0 Å². The Balaban J connectivity index is 1.68. The maximum atomic E-state index is 12.2. The number of nitrogens with one attached hydrogen (secondary N) is 2. The van der Waals surface area contributed by atoms with Crippen LogP contribution < -0.4 is 15.2 Å². The molecule has 28 heavy (non-hydrogen) atoms. The van der Waals surface area contributed by atoms with Gasteiger partial charge in [-0.1, -0.05) is 11.6 Å². The van der Waals surface area contributed by atoms with Crippen molar-refractivity contribution in [2.45, 2.75) is 25.9 Å². The van der Waals surface area contributed by atoms with E-state index in [0.717, 1.165) is 16.5 Å². The zero-order chi connectivity index (χ0) is 20.3. The Morgan fingerprint density at radius 1 is 1.18 bits per heavy atom. The van der Waals surface area contributed by atoms with Crippen LogP contribution in [0.3, 0.4) is 0 Å². The molecule has 0 aliphatic carbocycles. The Morgan fingerprint density at radius 3 is 2.57 bits per heavy atom. The molecule has 0 aliphatic heterocycles. The minimum atomic E-state index is -1.43. The molecule has 0 aliphatic rings. The summed E-state index contributed by atoms with van der Waals surface area (Å²) in [6, 6.07) is 12.0. The number of ether oxygens (including phenoxy) is 1. The Bertz CT molecular complexity index is 1010. The first-order valence-corrected chi connectivity index (χ1v) is 9.18. The van der Waals surface area contributed by atoms with E-state index in [1.807, 2.05) is 12.3 Å². The van der Waals surface area contributed by atoms with Crippen LogP contribution in [0.25, 0.3) is 10.9 Å². The molecule has 0 atom stereocenters. The summed E-state index contributed by atoms with van der Waals surface area (Å²) in [6.45, 7) is 3.33. The molecule has 6 nitrogen and oxygen atoms in total. The summed E-state index contributed by atoms with van der Waals surface area (Å²) in [7, 11) is 0. The van der Waals surface area contributed by atoms with Gasteiger partial charge in [0.15, 0.2) is 0 Å². The Hall–Kier alpha value is -2.99. The van der Waals surface area contributed by atoms with E-state index >= 15 is 0 Å². The molecule has 2 aromatic carbocycles. The van der Waals surface area contributed by atoms with Crippen LogP contribution in [0.4, 0.5) is 0 Å². The zero-order valence-electron chi connectivity index (χ0n) is 15.5. The molecule has 0 fully saturated rings. The van der Waals surface area contributed by atoms with Crippen molar-refractivity contribution in [2.24, 2.45) is 0 Å².